The van der Waals surface area contributed by atoms with Gasteiger partial charge in [0, 0.05) is 11.8 Å². The van der Waals surface area contributed by atoms with E-state index in [4.69, 9.17) is 30.7 Å². The summed E-state index contributed by atoms with van der Waals surface area (Å²) < 4.78 is 16.9. The number of ether oxygens (including phenoxy) is 2. The van der Waals surface area contributed by atoms with Crippen LogP contribution in [0.25, 0.3) is 22.8 Å². The first kappa shape index (κ1) is 22.1. The number of nitrogens with zero attached hydrogens (tertiary/aromatic N) is 3. The van der Waals surface area contributed by atoms with Gasteiger partial charge in [-0.25, -0.2) is 4.98 Å². The average Bonchev–Trinajstić information content (AvgIpc) is 3.26. The molecule has 9 heteroatoms. The van der Waals surface area contributed by atoms with Crippen molar-refractivity contribution in [3.8, 4) is 34.5 Å². The summed E-state index contributed by atoms with van der Waals surface area (Å²) in [6.45, 7) is 3.80. The minimum absolute atomic E-state index is 0.0346. The molecule has 0 atom stereocenters. The van der Waals surface area contributed by atoms with E-state index in [0.717, 1.165) is 24.2 Å². The number of hydrogen-bond acceptors (Lipinski definition) is 7. The fourth-order valence-corrected chi connectivity index (χ4v) is 3.82. The molecule has 0 aliphatic heterocycles. The van der Waals surface area contributed by atoms with Gasteiger partial charge in [0.2, 0.25) is 11.7 Å². The van der Waals surface area contributed by atoms with E-state index < -0.39 is 5.97 Å². The van der Waals surface area contributed by atoms with Gasteiger partial charge in [0.25, 0.3) is 5.89 Å². The first-order valence-corrected chi connectivity index (χ1v) is 10.9. The van der Waals surface area contributed by atoms with E-state index in [1.54, 1.807) is 12.3 Å². The van der Waals surface area contributed by atoms with Crippen LogP contribution in [0.15, 0.2) is 41.1 Å². The predicted octanol–water partition coefficient (Wildman–Crippen LogP) is 5.26. The van der Waals surface area contributed by atoms with Crippen LogP contribution < -0.4 is 9.47 Å². The first-order valence-electron chi connectivity index (χ1n) is 10.5. The van der Waals surface area contributed by atoms with E-state index in [1.807, 2.05) is 38.1 Å². The number of rotatable bonds is 7. The van der Waals surface area contributed by atoms with Crippen molar-refractivity contribution in [3.05, 3.63) is 41.6 Å². The minimum atomic E-state index is -0.717. The minimum Gasteiger partial charge on any atom is -0.490 e. The Balaban J connectivity index is 1.40. The number of benzene rings is 1. The molecule has 0 bridgehead atoms. The highest BCUT2D eigenvalue weighted by molar-refractivity contribution is 6.32. The molecule has 0 unspecified atom stereocenters. The van der Waals surface area contributed by atoms with Gasteiger partial charge in [-0.1, -0.05) is 16.8 Å². The highest BCUT2D eigenvalue weighted by Crippen LogP contribution is 2.31. The van der Waals surface area contributed by atoms with Crippen LogP contribution in [0.4, 0.5) is 0 Å². The number of pyridine rings is 1. The molecule has 1 aliphatic rings. The second-order valence-electron chi connectivity index (χ2n) is 8.05. The van der Waals surface area contributed by atoms with Crippen LogP contribution in [0, 0.1) is 5.92 Å². The maximum absolute atomic E-state index is 11.1. The van der Waals surface area contributed by atoms with Crippen molar-refractivity contribution in [3.63, 3.8) is 0 Å². The fourth-order valence-electron chi connectivity index (χ4n) is 3.61. The molecule has 168 valence electrons. The van der Waals surface area contributed by atoms with Crippen molar-refractivity contribution in [2.75, 3.05) is 0 Å². The Hall–Kier alpha value is -3.13. The zero-order valence-electron chi connectivity index (χ0n) is 17.8. The third kappa shape index (κ3) is 5.19. The summed E-state index contributed by atoms with van der Waals surface area (Å²) in [5, 5.41) is 13.5. The number of carboxylic acids is 1. The van der Waals surface area contributed by atoms with Crippen molar-refractivity contribution in [2.24, 2.45) is 5.92 Å². The van der Waals surface area contributed by atoms with Crippen LogP contribution in [0.5, 0.6) is 11.6 Å². The lowest BCUT2D eigenvalue weighted by Gasteiger charge is -2.26. The largest absolute Gasteiger partial charge is 0.490 e. The SMILES string of the molecule is CC(C)Oc1ncc(-c2nc(-c3ccc(O[C@H]4CC[C@H](C(=O)O)CC4)cc3)no2)cc1Cl. The summed E-state index contributed by atoms with van der Waals surface area (Å²) in [5.74, 6) is 0.858. The summed E-state index contributed by atoms with van der Waals surface area (Å²) in [4.78, 5) is 19.7. The van der Waals surface area contributed by atoms with E-state index in [0.29, 0.717) is 41.0 Å². The number of aliphatic carboxylic acids is 1. The van der Waals surface area contributed by atoms with Crippen LogP contribution in [0.3, 0.4) is 0 Å². The Morgan fingerprint density at radius 1 is 1.16 bits per heavy atom. The monoisotopic (exact) mass is 457 g/mol. The molecular weight excluding hydrogens is 434 g/mol. The molecule has 0 radical (unpaired) electrons. The van der Waals surface area contributed by atoms with Crippen molar-refractivity contribution >= 4 is 17.6 Å². The van der Waals surface area contributed by atoms with Gasteiger partial charge in [-0.2, -0.15) is 4.98 Å². The summed E-state index contributed by atoms with van der Waals surface area (Å²) in [6, 6.07) is 9.10. The number of halogens is 1. The normalized spacial score (nSPS) is 18.5. The van der Waals surface area contributed by atoms with E-state index in [9.17, 15) is 4.79 Å². The lowest BCUT2D eigenvalue weighted by molar-refractivity contribution is -0.143. The van der Waals surface area contributed by atoms with Gasteiger partial charge in [-0.05, 0) is 69.9 Å². The molecule has 8 nitrogen and oxygen atoms in total. The predicted molar refractivity (Wildman–Crippen MR) is 118 cm³/mol. The van der Waals surface area contributed by atoms with Crippen molar-refractivity contribution in [1.82, 2.24) is 15.1 Å². The molecule has 2 aromatic heterocycles. The molecular formula is C23H24ClN3O5. The molecule has 3 aromatic rings. The van der Waals surface area contributed by atoms with Crippen LogP contribution in [-0.4, -0.2) is 38.4 Å². The Kier molecular flexibility index (Phi) is 6.60. The van der Waals surface area contributed by atoms with Crippen molar-refractivity contribution in [1.29, 1.82) is 0 Å². The van der Waals surface area contributed by atoms with E-state index in [2.05, 4.69) is 15.1 Å². The molecule has 4 rings (SSSR count). The molecule has 1 aromatic carbocycles. The van der Waals surface area contributed by atoms with Crippen LogP contribution in [0.2, 0.25) is 5.02 Å². The number of aromatic nitrogens is 3. The zero-order valence-corrected chi connectivity index (χ0v) is 18.6. The lowest BCUT2D eigenvalue weighted by atomic mass is 9.87. The standard InChI is InChI=1S/C23H24ClN3O5/c1-13(2)30-22-19(24)11-16(12-25-22)21-26-20(27-32-21)14-3-7-17(8-4-14)31-18-9-5-15(6-10-18)23(28)29/h3-4,7-8,11-13,15,18H,5-6,9-10H2,1-2H3,(H,28,29)/t15-,18-. The highest BCUT2D eigenvalue weighted by atomic mass is 35.5. The average molecular weight is 458 g/mol. The van der Waals surface area contributed by atoms with Crippen LogP contribution >= 0.6 is 11.6 Å². The van der Waals surface area contributed by atoms with Crippen LogP contribution in [-0.2, 0) is 4.79 Å². The van der Waals surface area contributed by atoms with E-state index in [-0.39, 0.29) is 18.1 Å². The van der Waals surface area contributed by atoms with Gasteiger partial charge >= 0.3 is 5.97 Å². The van der Waals surface area contributed by atoms with Gasteiger partial charge in [-0.15, -0.1) is 0 Å². The maximum Gasteiger partial charge on any atom is 0.306 e. The maximum atomic E-state index is 11.1. The van der Waals surface area contributed by atoms with Gasteiger partial charge in [0.15, 0.2) is 0 Å². The Labute approximate surface area is 190 Å². The Morgan fingerprint density at radius 3 is 2.50 bits per heavy atom. The lowest BCUT2D eigenvalue weighted by Crippen LogP contribution is -2.27. The molecule has 0 amide bonds. The fraction of sp³-hybridized carbons (Fsp3) is 0.391. The molecule has 0 spiro atoms. The Bertz CT molecular complexity index is 1080. The Morgan fingerprint density at radius 2 is 1.88 bits per heavy atom. The van der Waals surface area contributed by atoms with E-state index in [1.165, 1.54) is 0 Å². The zero-order chi connectivity index (χ0) is 22.7. The smallest absolute Gasteiger partial charge is 0.306 e. The second kappa shape index (κ2) is 9.56. The van der Waals surface area contributed by atoms with Gasteiger partial charge in [0.05, 0.1) is 23.7 Å². The molecule has 1 N–H and O–H groups in total. The first-order chi connectivity index (χ1) is 15.4. The van der Waals surface area contributed by atoms with Gasteiger partial charge in [0.1, 0.15) is 10.8 Å². The third-order valence-electron chi connectivity index (χ3n) is 5.27. The third-order valence-corrected chi connectivity index (χ3v) is 5.54. The second-order valence-corrected chi connectivity index (χ2v) is 8.46. The van der Waals surface area contributed by atoms with Crippen molar-refractivity contribution in [2.45, 2.75) is 51.7 Å². The van der Waals surface area contributed by atoms with Crippen LogP contribution in [0.1, 0.15) is 39.5 Å². The molecule has 1 aliphatic carbocycles. The summed E-state index contributed by atoms with van der Waals surface area (Å²) >= 11 is 6.25. The number of carboxylic acid groups (broad SMARTS) is 1. The quantitative estimate of drug-likeness (QED) is 0.511. The van der Waals surface area contributed by atoms with Gasteiger partial charge in [-0.3, -0.25) is 4.79 Å². The summed E-state index contributed by atoms with van der Waals surface area (Å²) in [7, 11) is 0. The molecule has 2 heterocycles. The summed E-state index contributed by atoms with van der Waals surface area (Å²) in [6.07, 6.45) is 4.35. The molecule has 1 saturated carbocycles. The highest BCUT2D eigenvalue weighted by Gasteiger charge is 2.27. The van der Waals surface area contributed by atoms with Crippen molar-refractivity contribution < 1.29 is 23.9 Å². The van der Waals surface area contributed by atoms with Gasteiger partial charge < -0.3 is 19.1 Å². The molecule has 32 heavy (non-hydrogen) atoms. The number of carbonyl (C=O) groups is 1. The number of hydrogen-bond donors (Lipinski definition) is 1. The van der Waals surface area contributed by atoms with E-state index >= 15 is 0 Å². The topological polar surface area (TPSA) is 108 Å². The summed E-state index contributed by atoms with van der Waals surface area (Å²) in [5.41, 5.74) is 1.38. The molecule has 0 saturated heterocycles. The molecule has 1 fully saturated rings.